The molecule has 0 aromatic carbocycles. The van der Waals surface area contributed by atoms with Crippen molar-refractivity contribution in [1.29, 1.82) is 0 Å². The Labute approximate surface area is 59.5 Å². The Bertz CT molecular complexity index is 110. The van der Waals surface area contributed by atoms with E-state index in [2.05, 4.69) is 37.1 Å². The highest BCUT2D eigenvalue weighted by Gasteiger charge is 2.70. The van der Waals surface area contributed by atoms with E-state index < -0.39 is 0 Å². The highest BCUT2D eigenvalue weighted by molar-refractivity contribution is 8.44. The third-order valence-electron chi connectivity index (χ3n) is 2.22. The predicted molar refractivity (Wildman–Crippen MR) is 46.2 cm³/mol. The summed E-state index contributed by atoms with van der Waals surface area (Å²) in [4.78, 5) is 0. The van der Waals surface area contributed by atoms with Crippen molar-refractivity contribution in [1.82, 2.24) is 0 Å². The second-order valence-corrected chi connectivity index (χ2v) is 11.7. The Hall–Kier alpha value is 1.13. The van der Waals surface area contributed by atoms with E-state index in [1.54, 1.807) is 0 Å². The number of rotatable bonds is 0. The van der Waals surface area contributed by atoms with E-state index in [0.717, 1.165) is 3.82 Å². The molecule has 0 amide bonds. The van der Waals surface area contributed by atoms with Gasteiger partial charge in [-0.1, -0.05) is 23.5 Å². The van der Waals surface area contributed by atoms with Crippen LogP contribution in [0.5, 0.6) is 0 Å². The average Bonchev–Trinajstić information content (AvgIpc) is 1.81. The minimum atomic E-state index is -0.312. The molecule has 0 aromatic rings. The summed E-state index contributed by atoms with van der Waals surface area (Å²) >= 11 is 4.34. The highest BCUT2D eigenvalue weighted by Crippen LogP contribution is 2.93. The summed E-state index contributed by atoms with van der Waals surface area (Å²) in [5.74, 6) is 0. The molecule has 0 saturated carbocycles. The van der Waals surface area contributed by atoms with Gasteiger partial charge in [0.1, 0.15) is 11.0 Å². The maximum atomic E-state index is 2.51. The third kappa shape index (κ3) is 0.460. The summed E-state index contributed by atoms with van der Waals surface area (Å²) in [6.07, 6.45) is 0. The Morgan fingerprint density at radius 1 is 1.38 bits per heavy atom. The molecular weight excluding hydrogens is 155 g/mol. The van der Waals surface area contributed by atoms with E-state index in [1.807, 2.05) is 0 Å². The SMILES string of the molecule is CC12SC[P+]1(C)CS2. The molecule has 2 fully saturated rings. The van der Waals surface area contributed by atoms with Crippen LogP contribution in [0.4, 0.5) is 0 Å². The van der Waals surface area contributed by atoms with Gasteiger partial charge < -0.3 is 0 Å². The normalized spacial score (nSPS) is 60.8. The van der Waals surface area contributed by atoms with Crippen molar-refractivity contribution in [2.45, 2.75) is 10.7 Å². The van der Waals surface area contributed by atoms with E-state index >= 15 is 0 Å². The molecule has 0 spiro atoms. The van der Waals surface area contributed by atoms with Gasteiger partial charge >= 0.3 is 0 Å². The number of hydrogen-bond donors (Lipinski definition) is 0. The standard InChI is InChI=1S/C5H10PS2/c1-5-6(2,3-7-5)4-8-5/h3-4H2,1-2H3/q+1. The largest absolute Gasteiger partial charge is 0.174 e. The predicted octanol–water partition coefficient (Wildman–Crippen LogP) is 2.72. The minimum Gasteiger partial charge on any atom is -0.0634 e. The van der Waals surface area contributed by atoms with Gasteiger partial charge in [0.05, 0.1) is 13.9 Å². The van der Waals surface area contributed by atoms with Gasteiger partial charge in [0.15, 0.2) is 3.82 Å². The molecule has 46 valence electrons. The second kappa shape index (κ2) is 1.41. The van der Waals surface area contributed by atoms with Crippen molar-refractivity contribution < 1.29 is 0 Å². The number of fused-ring (bicyclic) bond motifs is 1. The summed E-state index contributed by atoms with van der Waals surface area (Å²) in [6.45, 7) is 4.93. The number of thioether (sulfide) groups is 2. The van der Waals surface area contributed by atoms with Gasteiger partial charge in [-0.3, -0.25) is 0 Å². The Morgan fingerprint density at radius 2 is 1.75 bits per heavy atom. The van der Waals surface area contributed by atoms with Crippen LogP contribution >= 0.6 is 30.8 Å². The van der Waals surface area contributed by atoms with Gasteiger partial charge in [-0.05, 0) is 6.92 Å². The van der Waals surface area contributed by atoms with Crippen LogP contribution in [0.15, 0.2) is 0 Å². The van der Waals surface area contributed by atoms with Crippen molar-refractivity contribution in [2.24, 2.45) is 0 Å². The van der Waals surface area contributed by atoms with E-state index in [0.29, 0.717) is 0 Å². The highest BCUT2D eigenvalue weighted by atomic mass is 32.2. The quantitative estimate of drug-likeness (QED) is 0.506. The minimum absolute atomic E-state index is 0.312. The zero-order valence-electron chi connectivity index (χ0n) is 5.18. The summed E-state index contributed by atoms with van der Waals surface area (Å²) in [6, 6.07) is 0. The molecule has 0 nitrogen and oxygen atoms in total. The molecule has 8 heavy (non-hydrogen) atoms. The molecule has 0 N–H and O–H groups in total. The van der Waals surface area contributed by atoms with Gasteiger partial charge in [0, 0.05) is 0 Å². The molecule has 2 rings (SSSR count). The smallest absolute Gasteiger partial charge is 0.0634 e. The first-order valence-electron chi connectivity index (χ1n) is 2.79. The van der Waals surface area contributed by atoms with Crippen LogP contribution in [-0.4, -0.2) is 21.5 Å². The van der Waals surface area contributed by atoms with Gasteiger partial charge in [0.2, 0.25) is 0 Å². The monoisotopic (exact) mass is 165 g/mol. The van der Waals surface area contributed by atoms with Crippen molar-refractivity contribution in [3.05, 3.63) is 0 Å². The molecular formula is C5H10PS2+. The van der Waals surface area contributed by atoms with E-state index in [1.165, 1.54) is 11.0 Å². The lowest BCUT2D eigenvalue weighted by Gasteiger charge is -2.55. The topological polar surface area (TPSA) is 0 Å². The second-order valence-electron chi connectivity index (χ2n) is 2.84. The van der Waals surface area contributed by atoms with E-state index in [-0.39, 0.29) is 7.26 Å². The fourth-order valence-corrected chi connectivity index (χ4v) is 11.7. The fraction of sp³-hybridized carbons (Fsp3) is 1.00. The van der Waals surface area contributed by atoms with Crippen LogP contribution in [0.3, 0.4) is 0 Å². The molecule has 0 radical (unpaired) electrons. The summed E-state index contributed by atoms with van der Waals surface area (Å²) < 4.78 is 0.743. The Morgan fingerprint density at radius 3 is 1.75 bits per heavy atom. The first-order valence-corrected chi connectivity index (χ1v) is 7.37. The Kier molecular flexibility index (Phi) is 1.04. The molecule has 2 heterocycles. The summed E-state index contributed by atoms with van der Waals surface area (Å²) in [7, 11) is -0.312. The number of hydrogen-bond acceptors (Lipinski definition) is 2. The lowest BCUT2D eigenvalue weighted by Crippen LogP contribution is -2.41. The van der Waals surface area contributed by atoms with Gasteiger partial charge in [0.25, 0.3) is 0 Å². The van der Waals surface area contributed by atoms with Gasteiger partial charge in [-0.15, -0.1) is 0 Å². The van der Waals surface area contributed by atoms with Gasteiger partial charge in [-0.25, -0.2) is 0 Å². The molecule has 2 aliphatic heterocycles. The molecule has 2 aliphatic rings. The first-order chi connectivity index (χ1) is 3.66. The van der Waals surface area contributed by atoms with E-state index in [9.17, 15) is 0 Å². The van der Waals surface area contributed by atoms with Crippen molar-refractivity contribution in [3.8, 4) is 0 Å². The molecule has 3 heteroatoms. The summed E-state index contributed by atoms with van der Waals surface area (Å²) in [5.41, 5.74) is 3.02. The summed E-state index contributed by atoms with van der Waals surface area (Å²) in [5, 5.41) is 0. The van der Waals surface area contributed by atoms with E-state index in [4.69, 9.17) is 0 Å². The van der Waals surface area contributed by atoms with Crippen LogP contribution in [0, 0.1) is 0 Å². The van der Waals surface area contributed by atoms with Crippen LogP contribution < -0.4 is 0 Å². The molecule has 0 bridgehead atoms. The molecule has 0 aliphatic carbocycles. The average molecular weight is 165 g/mol. The maximum Gasteiger partial charge on any atom is 0.174 e. The molecule has 0 atom stereocenters. The zero-order chi connectivity index (χ0) is 5.83. The fourth-order valence-electron chi connectivity index (χ4n) is 1.01. The first kappa shape index (κ1) is 5.88. The molecule has 0 aromatic heterocycles. The van der Waals surface area contributed by atoms with Crippen LogP contribution in [0.25, 0.3) is 0 Å². The third-order valence-corrected chi connectivity index (χ3v) is 15.0. The van der Waals surface area contributed by atoms with Crippen molar-refractivity contribution >= 4 is 30.8 Å². The maximum absolute atomic E-state index is 2.51. The molecule has 2 saturated heterocycles. The van der Waals surface area contributed by atoms with Crippen molar-refractivity contribution in [3.63, 3.8) is 0 Å². The zero-order valence-corrected chi connectivity index (χ0v) is 7.71. The van der Waals surface area contributed by atoms with Crippen molar-refractivity contribution in [2.75, 3.05) is 17.7 Å². The van der Waals surface area contributed by atoms with Crippen LogP contribution in [0.1, 0.15) is 6.92 Å². The lowest BCUT2D eigenvalue weighted by atomic mass is 10.9. The van der Waals surface area contributed by atoms with Crippen LogP contribution in [0.2, 0.25) is 0 Å². The van der Waals surface area contributed by atoms with Gasteiger partial charge in [-0.2, -0.15) is 0 Å². The molecule has 0 unspecified atom stereocenters. The Balaban J connectivity index is 2.22. The lowest BCUT2D eigenvalue weighted by molar-refractivity contribution is 1.20. The van der Waals surface area contributed by atoms with Crippen LogP contribution in [-0.2, 0) is 0 Å².